The maximum absolute atomic E-state index is 12.3. The van der Waals surface area contributed by atoms with Crippen molar-refractivity contribution in [2.75, 3.05) is 13.1 Å². The van der Waals surface area contributed by atoms with Gasteiger partial charge in [0.05, 0.1) is 16.7 Å². The molecule has 0 aliphatic heterocycles. The molecule has 134 valence electrons. The molecule has 1 fully saturated rings. The molecule has 0 unspecified atom stereocenters. The van der Waals surface area contributed by atoms with Gasteiger partial charge in [0.25, 0.3) is 0 Å². The minimum Gasteiger partial charge on any atom is -0.313 e. The van der Waals surface area contributed by atoms with E-state index < -0.39 is 10.0 Å². The number of hydrogen-bond acceptors (Lipinski definition) is 4. The van der Waals surface area contributed by atoms with Gasteiger partial charge >= 0.3 is 0 Å². The van der Waals surface area contributed by atoms with Crippen LogP contribution in [-0.4, -0.2) is 27.5 Å². The smallest absolute Gasteiger partial charge is 0.242 e. The van der Waals surface area contributed by atoms with Crippen LogP contribution in [0.2, 0.25) is 5.02 Å². The molecule has 24 heavy (non-hydrogen) atoms. The van der Waals surface area contributed by atoms with E-state index in [-0.39, 0.29) is 22.3 Å². The van der Waals surface area contributed by atoms with Gasteiger partial charge in [-0.2, -0.15) is 5.26 Å². The van der Waals surface area contributed by atoms with E-state index in [0.29, 0.717) is 24.7 Å². The number of benzene rings is 1. The molecular formula is C16H23Cl2N3O2S. The number of sulfonamides is 1. The Labute approximate surface area is 155 Å². The van der Waals surface area contributed by atoms with Gasteiger partial charge in [-0.15, -0.1) is 12.4 Å². The number of halogens is 2. The second-order valence-electron chi connectivity index (χ2n) is 5.80. The van der Waals surface area contributed by atoms with Crippen molar-refractivity contribution in [3.63, 3.8) is 0 Å². The first kappa shape index (κ1) is 21.2. The van der Waals surface area contributed by atoms with Crippen LogP contribution in [0.15, 0.2) is 23.1 Å². The summed E-state index contributed by atoms with van der Waals surface area (Å²) < 4.78 is 27.1. The van der Waals surface area contributed by atoms with Crippen molar-refractivity contribution in [3.05, 3.63) is 28.8 Å². The topological polar surface area (TPSA) is 82.0 Å². The molecule has 0 spiro atoms. The first-order valence-corrected chi connectivity index (χ1v) is 9.82. The lowest BCUT2D eigenvalue weighted by atomic mass is 10.1. The standard InChI is InChI=1S/C16H22ClN3O2S.ClH/c17-15-11-13(12-18)7-8-16(15)23(21,22)20-10-9-19-14-5-3-1-2-4-6-14;/h7-8,11,14,19-20H,1-6,9-10H2;1H. The average Bonchev–Trinajstić information content (AvgIpc) is 2.80. The number of hydrogen-bond donors (Lipinski definition) is 2. The summed E-state index contributed by atoms with van der Waals surface area (Å²) in [5.41, 5.74) is 0.337. The molecule has 0 heterocycles. The maximum Gasteiger partial charge on any atom is 0.242 e. The van der Waals surface area contributed by atoms with E-state index in [4.69, 9.17) is 16.9 Å². The fraction of sp³-hybridized carbons (Fsp3) is 0.562. The Kier molecular flexibility index (Phi) is 9.03. The van der Waals surface area contributed by atoms with Gasteiger partial charge in [0.1, 0.15) is 4.90 Å². The van der Waals surface area contributed by atoms with Gasteiger partial charge in [0.15, 0.2) is 0 Å². The molecule has 8 heteroatoms. The molecule has 1 aliphatic rings. The second kappa shape index (κ2) is 10.2. The quantitative estimate of drug-likeness (QED) is 0.575. The van der Waals surface area contributed by atoms with E-state index >= 15 is 0 Å². The Morgan fingerprint density at radius 3 is 2.42 bits per heavy atom. The molecular weight excluding hydrogens is 369 g/mol. The van der Waals surface area contributed by atoms with Crippen molar-refractivity contribution in [2.45, 2.75) is 49.5 Å². The monoisotopic (exact) mass is 391 g/mol. The minimum atomic E-state index is -3.66. The van der Waals surface area contributed by atoms with Crippen LogP contribution >= 0.6 is 24.0 Å². The lowest BCUT2D eigenvalue weighted by Crippen LogP contribution is -2.36. The first-order chi connectivity index (χ1) is 11.0. The highest BCUT2D eigenvalue weighted by molar-refractivity contribution is 7.89. The molecule has 1 aliphatic carbocycles. The van der Waals surface area contributed by atoms with Crippen LogP contribution in [-0.2, 0) is 10.0 Å². The molecule has 2 rings (SSSR count). The SMILES string of the molecule is Cl.N#Cc1ccc(S(=O)(=O)NCCNC2CCCCCC2)c(Cl)c1. The molecule has 1 aromatic rings. The van der Waals surface area contributed by atoms with Crippen LogP contribution in [0.3, 0.4) is 0 Å². The van der Waals surface area contributed by atoms with Crippen molar-refractivity contribution in [3.8, 4) is 6.07 Å². The summed E-state index contributed by atoms with van der Waals surface area (Å²) in [6.45, 7) is 0.910. The van der Waals surface area contributed by atoms with Crippen LogP contribution < -0.4 is 10.0 Å². The predicted octanol–water partition coefficient (Wildman–Crippen LogP) is 3.22. The van der Waals surface area contributed by atoms with E-state index in [9.17, 15) is 8.42 Å². The highest BCUT2D eigenvalue weighted by Crippen LogP contribution is 2.22. The van der Waals surface area contributed by atoms with Crippen LogP contribution in [0.5, 0.6) is 0 Å². The zero-order valence-corrected chi connectivity index (χ0v) is 15.8. The zero-order valence-electron chi connectivity index (χ0n) is 13.4. The summed E-state index contributed by atoms with van der Waals surface area (Å²) in [7, 11) is -3.66. The van der Waals surface area contributed by atoms with Crippen LogP contribution in [0.25, 0.3) is 0 Å². The van der Waals surface area contributed by atoms with Gasteiger partial charge in [-0.1, -0.05) is 37.3 Å². The normalized spacial score (nSPS) is 16.0. The van der Waals surface area contributed by atoms with Crippen molar-refractivity contribution < 1.29 is 8.42 Å². The number of rotatable bonds is 6. The molecule has 0 atom stereocenters. The van der Waals surface area contributed by atoms with E-state index in [2.05, 4.69) is 10.0 Å². The van der Waals surface area contributed by atoms with Gasteiger partial charge in [-0.3, -0.25) is 0 Å². The molecule has 1 saturated carbocycles. The third-order valence-electron chi connectivity index (χ3n) is 4.06. The molecule has 2 N–H and O–H groups in total. The molecule has 1 aromatic carbocycles. The zero-order chi connectivity index (χ0) is 16.7. The predicted molar refractivity (Wildman–Crippen MR) is 98.1 cm³/mol. The highest BCUT2D eigenvalue weighted by atomic mass is 35.5. The third kappa shape index (κ3) is 6.23. The van der Waals surface area contributed by atoms with Crippen LogP contribution in [0.1, 0.15) is 44.1 Å². The minimum absolute atomic E-state index is 0. The first-order valence-electron chi connectivity index (χ1n) is 7.95. The number of nitrogens with zero attached hydrogens (tertiary/aromatic N) is 1. The lowest BCUT2D eigenvalue weighted by Gasteiger charge is -2.16. The summed E-state index contributed by atoms with van der Waals surface area (Å²) in [6.07, 6.45) is 7.39. The Morgan fingerprint density at radius 2 is 1.83 bits per heavy atom. The Balaban J connectivity index is 0.00000288. The van der Waals surface area contributed by atoms with Crippen molar-refractivity contribution >= 4 is 34.0 Å². The molecule has 5 nitrogen and oxygen atoms in total. The lowest BCUT2D eigenvalue weighted by molar-refractivity contribution is 0.461. The van der Waals surface area contributed by atoms with Gasteiger partial charge in [0.2, 0.25) is 10.0 Å². The second-order valence-corrected chi connectivity index (χ2v) is 7.94. The third-order valence-corrected chi connectivity index (χ3v) is 6.00. The fourth-order valence-corrected chi connectivity index (χ4v) is 4.39. The van der Waals surface area contributed by atoms with Crippen molar-refractivity contribution in [1.82, 2.24) is 10.0 Å². The van der Waals surface area contributed by atoms with Crippen molar-refractivity contribution in [1.29, 1.82) is 5.26 Å². The average molecular weight is 392 g/mol. The van der Waals surface area contributed by atoms with E-state index in [0.717, 1.165) is 12.8 Å². The Bertz CT molecular complexity index is 666. The van der Waals surface area contributed by atoms with Crippen LogP contribution in [0, 0.1) is 11.3 Å². The molecule has 0 saturated heterocycles. The molecule has 0 aromatic heterocycles. The van der Waals surface area contributed by atoms with Gasteiger partial charge in [-0.25, -0.2) is 13.1 Å². The molecule has 0 amide bonds. The van der Waals surface area contributed by atoms with Gasteiger partial charge < -0.3 is 5.32 Å². The Morgan fingerprint density at radius 1 is 1.17 bits per heavy atom. The van der Waals surface area contributed by atoms with Crippen molar-refractivity contribution in [2.24, 2.45) is 0 Å². The largest absolute Gasteiger partial charge is 0.313 e. The molecule has 0 bridgehead atoms. The van der Waals surface area contributed by atoms with Gasteiger partial charge in [-0.05, 0) is 31.0 Å². The molecule has 0 radical (unpaired) electrons. The van der Waals surface area contributed by atoms with E-state index in [1.165, 1.54) is 43.9 Å². The summed E-state index contributed by atoms with van der Waals surface area (Å²) in [6, 6.07) is 6.59. The van der Waals surface area contributed by atoms with Gasteiger partial charge in [0, 0.05) is 19.1 Å². The summed E-state index contributed by atoms with van der Waals surface area (Å²) in [5.74, 6) is 0. The summed E-state index contributed by atoms with van der Waals surface area (Å²) in [5, 5.41) is 12.3. The number of nitriles is 1. The summed E-state index contributed by atoms with van der Waals surface area (Å²) in [4.78, 5) is 0.00707. The highest BCUT2D eigenvalue weighted by Gasteiger charge is 2.18. The van der Waals surface area contributed by atoms with E-state index in [1.54, 1.807) is 0 Å². The number of nitrogens with one attached hydrogen (secondary N) is 2. The maximum atomic E-state index is 12.3. The van der Waals surface area contributed by atoms with Crippen LogP contribution in [0.4, 0.5) is 0 Å². The van der Waals surface area contributed by atoms with E-state index in [1.807, 2.05) is 6.07 Å². The fourth-order valence-electron chi connectivity index (χ4n) is 2.81. The Hall–Kier alpha value is -0.840. The summed E-state index contributed by atoms with van der Waals surface area (Å²) >= 11 is 5.96.